The second kappa shape index (κ2) is 9.74. The average Bonchev–Trinajstić information content (AvgIpc) is 3.54. The van der Waals surface area contributed by atoms with Crippen LogP contribution in [0.15, 0.2) is 41.4 Å². The fourth-order valence-electron chi connectivity index (χ4n) is 3.64. The summed E-state index contributed by atoms with van der Waals surface area (Å²) in [5, 5.41) is 6.91. The molecule has 2 aromatic carbocycles. The molecule has 1 saturated carbocycles. The number of benzene rings is 2. The van der Waals surface area contributed by atoms with Crippen molar-refractivity contribution in [2.24, 2.45) is 4.99 Å². The van der Waals surface area contributed by atoms with Gasteiger partial charge in [-0.15, -0.1) is 0 Å². The Morgan fingerprint density at radius 3 is 2.17 bits per heavy atom. The van der Waals surface area contributed by atoms with Gasteiger partial charge < -0.3 is 24.8 Å². The number of ether oxygens (including phenoxy) is 3. The van der Waals surface area contributed by atoms with Gasteiger partial charge in [-0.25, -0.2) is 0 Å². The molecule has 0 amide bonds. The zero-order valence-electron chi connectivity index (χ0n) is 18.8. The Morgan fingerprint density at radius 2 is 1.67 bits per heavy atom. The highest BCUT2D eigenvalue weighted by atomic mass is 16.5. The fourth-order valence-corrected chi connectivity index (χ4v) is 3.64. The summed E-state index contributed by atoms with van der Waals surface area (Å²) >= 11 is 0. The van der Waals surface area contributed by atoms with Crippen molar-refractivity contribution in [1.29, 1.82) is 0 Å². The largest absolute Gasteiger partial charge is 0.493 e. The minimum absolute atomic E-state index is 0.404. The monoisotopic (exact) mass is 411 g/mol. The maximum atomic E-state index is 5.43. The third-order valence-corrected chi connectivity index (χ3v) is 5.55. The minimum Gasteiger partial charge on any atom is -0.493 e. The molecule has 3 rings (SSSR count). The third kappa shape index (κ3) is 4.99. The van der Waals surface area contributed by atoms with E-state index < -0.39 is 0 Å². The summed E-state index contributed by atoms with van der Waals surface area (Å²) in [4.78, 5) is 4.37. The van der Waals surface area contributed by atoms with Crippen LogP contribution in [0.3, 0.4) is 0 Å². The summed E-state index contributed by atoms with van der Waals surface area (Å²) in [5.41, 5.74) is 3.78. The van der Waals surface area contributed by atoms with Gasteiger partial charge in [0.25, 0.3) is 0 Å². The molecule has 1 aliphatic carbocycles. The number of rotatable bonds is 8. The Labute approximate surface area is 179 Å². The second-order valence-electron chi connectivity index (χ2n) is 7.87. The predicted molar refractivity (Wildman–Crippen MR) is 121 cm³/mol. The first-order valence-electron chi connectivity index (χ1n) is 10.4. The molecular weight excluding hydrogens is 378 g/mol. The summed E-state index contributed by atoms with van der Waals surface area (Å²) < 4.78 is 16.3. The van der Waals surface area contributed by atoms with Crippen molar-refractivity contribution in [3.8, 4) is 17.2 Å². The molecule has 0 spiro atoms. The fraction of sp³-hybridized carbons (Fsp3) is 0.458. The van der Waals surface area contributed by atoms with Gasteiger partial charge in [0, 0.05) is 25.6 Å². The van der Waals surface area contributed by atoms with E-state index in [1.807, 2.05) is 12.1 Å². The summed E-state index contributed by atoms with van der Waals surface area (Å²) in [6.45, 7) is 5.04. The van der Waals surface area contributed by atoms with Crippen molar-refractivity contribution in [3.63, 3.8) is 0 Å². The molecule has 0 bridgehead atoms. The summed E-state index contributed by atoms with van der Waals surface area (Å²) in [7, 11) is 6.64. The first-order valence-corrected chi connectivity index (χ1v) is 10.4. The molecule has 2 N–H and O–H groups in total. The number of nitrogens with zero attached hydrogens (tertiary/aromatic N) is 1. The molecule has 6 heteroatoms. The van der Waals surface area contributed by atoms with Crippen molar-refractivity contribution in [1.82, 2.24) is 10.6 Å². The van der Waals surface area contributed by atoms with Gasteiger partial charge in [0.05, 0.1) is 21.3 Å². The van der Waals surface area contributed by atoms with Crippen LogP contribution in [-0.2, 0) is 6.54 Å². The van der Waals surface area contributed by atoms with Crippen LogP contribution in [0.2, 0.25) is 0 Å². The summed E-state index contributed by atoms with van der Waals surface area (Å²) in [6, 6.07) is 13.3. The molecule has 162 valence electrons. The quantitative estimate of drug-likeness (QED) is 0.507. The van der Waals surface area contributed by atoms with E-state index in [0.29, 0.717) is 41.7 Å². The van der Waals surface area contributed by atoms with Crippen molar-refractivity contribution in [2.45, 2.75) is 44.7 Å². The Morgan fingerprint density at radius 1 is 1.03 bits per heavy atom. The number of hydrogen-bond acceptors (Lipinski definition) is 4. The van der Waals surface area contributed by atoms with Gasteiger partial charge in [0.2, 0.25) is 5.75 Å². The SMILES string of the molecule is CN=C(NCc1cc(OC)c(OC)c(OC)c1)NC1CC1c1ccc(C(C)C)cc1. The number of nitrogens with one attached hydrogen (secondary N) is 2. The van der Waals surface area contributed by atoms with Crippen LogP contribution in [0.4, 0.5) is 0 Å². The molecule has 6 nitrogen and oxygen atoms in total. The van der Waals surface area contributed by atoms with Crippen LogP contribution in [-0.4, -0.2) is 40.4 Å². The van der Waals surface area contributed by atoms with Crippen molar-refractivity contribution in [3.05, 3.63) is 53.1 Å². The van der Waals surface area contributed by atoms with E-state index in [9.17, 15) is 0 Å². The Bertz CT molecular complexity index is 853. The highest BCUT2D eigenvalue weighted by Gasteiger charge is 2.39. The minimum atomic E-state index is 0.404. The first-order chi connectivity index (χ1) is 14.5. The molecule has 2 unspecified atom stereocenters. The van der Waals surface area contributed by atoms with Crippen LogP contribution in [0.1, 0.15) is 48.8 Å². The molecule has 0 saturated heterocycles. The van der Waals surface area contributed by atoms with E-state index in [1.165, 1.54) is 11.1 Å². The van der Waals surface area contributed by atoms with Crippen molar-refractivity contribution >= 4 is 5.96 Å². The van der Waals surface area contributed by atoms with Crippen LogP contribution in [0, 0.1) is 0 Å². The Balaban J connectivity index is 1.58. The number of guanidine groups is 1. The van der Waals surface area contributed by atoms with Gasteiger partial charge in [0.15, 0.2) is 17.5 Å². The normalized spacial score (nSPS) is 18.2. The predicted octanol–water partition coefficient (Wildman–Crippen LogP) is 4.06. The first kappa shape index (κ1) is 21.8. The lowest BCUT2D eigenvalue weighted by Crippen LogP contribution is -2.38. The third-order valence-electron chi connectivity index (χ3n) is 5.55. The van der Waals surface area contributed by atoms with E-state index >= 15 is 0 Å². The molecule has 30 heavy (non-hydrogen) atoms. The molecule has 0 heterocycles. The van der Waals surface area contributed by atoms with E-state index in [0.717, 1.165) is 17.9 Å². The standard InChI is InChI=1S/C24H33N3O3/c1-15(2)17-7-9-18(10-8-17)19-13-20(19)27-24(25-3)26-14-16-11-21(28-4)23(30-6)22(12-16)29-5/h7-12,15,19-20H,13-14H2,1-6H3,(H2,25,26,27). The van der Waals surface area contributed by atoms with E-state index in [1.54, 1.807) is 28.4 Å². The van der Waals surface area contributed by atoms with E-state index in [-0.39, 0.29) is 0 Å². The molecule has 0 radical (unpaired) electrons. The van der Waals surface area contributed by atoms with E-state index in [2.05, 4.69) is 53.7 Å². The summed E-state index contributed by atoms with van der Waals surface area (Å²) in [6.07, 6.45) is 1.12. The van der Waals surface area contributed by atoms with Crippen molar-refractivity contribution in [2.75, 3.05) is 28.4 Å². The molecule has 0 aromatic heterocycles. The lowest BCUT2D eigenvalue weighted by molar-refractivity contribution is 0.323. The van der Waals surface area contributed by atoms with Gasteiger partial charge in [-0.2, -0.15) is 0 Å². The average molecular weight is 412 g/mol. The second-order valence-corrected chi connectivity index (χ2v) is 7.87. The lowest BCUT2D eigenvalue weighted by Gasteiger charge is -2.16. The zero-order valence-corrected chi connectivity index (χ0v) is 18.8. The van der Waals surface area contributed by atoms with Crippen LogP contribution >= 0.6 is 0 Å². The van der Waals surface area contributed by atoms with Crippen LogP contribution in [0.25, 0.3) is 0 Å². The van der Waals surface area contributed by atoms with E-state index in [4.69, 9.17) is 14.2 Å². The van der Waals surface area contributed by atoms with Crippen LogP contribution in [0.5, 0.6) is 17.2 Å². The number of hydrogen-bond donors (Lipinski definition) is 2. The zero-order chi connectivity index (χ0) is 21.7. The van der Waals surface area contributed by atoms with Gasteiger partial charge in [-0.05, 0) is 41.2 Å². The molecule has 1 fully saturated rings. The Kier molecular flexibility index (Phi) is 7.08. The molecule has 1 aliphatic rings. The van der Waals surface area contributed by atoms with Gasteiger partial charge >= 0.3 is 0 Å². The maximum absolute atomic E-state index is 5.43. The summed E-state index contributed by atoms with van der Waals surface area (Å²) in [5.74, 6) is 3.76. The highest BCUT2D eigenvalue weighted by Crippen LogP contribution is 2.41. The number of aliphatic imine (C=N–C) groups is 1. The molecule has 2 aromatic rings. The van der Waals surface area contributed by atoms with Gasteiger partial charge in [-0.1, -0.05) is 38.1 Å². The lowest BCUT2D eigenvalue weighted by atomic mass is 10.0. The molecule has 2 atom stereocenters. The van der Waals surface area contributed by atoms with Crippen LogP contribution < -0.4 is 24.8 Å². The molecule has 0 aliphatic heterocycles. The topological polar surface area (TPSA) is 64.1 Å². The van der Waals surface area contributed by atoms with Crippen molar-refractivity contribution < 1.29 is 14.2 Å². The number of methoxy groups -OCH3 is 3. The maximum Gasteiger partial charge on any atom is 0.203 e. The van der Waals surface area contributed by atoms with Gasteiger partial charge in [-0.3, -0.25) is 4.99 Å². The van der Waals surface area contributed by atoms with Gasteiger partial charge in [0.1, 0.15) is 0 Å². The smallest absolute Gasteiger partial charge is 0.203 e. The Hall–Kier alpha value is -2.89. The molecular formula is C24H33N3O3. The highest BCUT2D eigenvalue weighted by molar-refractivity contribution is 5.80.